The fourth-order valence-electron chi connectivity index (χ4n) is 1.54. The summed E-state index contributed by atoms with van der Waals surface area (Å²) in [6.07, 6.45) is 0. The molecule has 16 heavy (non-hydrogen) atoms. The van der Waals surface area contributed by atoms with Crippen LogP contribution in [0.1, 0.15) is 25.6 Å². The molecule has 0 saturated carbocycles. The van der Waals surface area contributed by atoms with Crippen LogP contribution in [-0.2, 0) is 0 Å². The Morgan fingerprint density at radius 3 is 2.62 bits per heavy atom. The lowest BCUT2D eigenvalue weighted by Crippen LogP contribution is -2.02. The quantitative estimate of drug-likeness (QED) is 0.838. The van der Waals surface area contributed by atoms with Gasteiger partial charge in [-0.25, -0.2) is 9.97 Å². The van der Waals surface area contributed by atoms with Crippen molar-refractivity contribution in [1.82, 2.24) is 9.97 Å². The Morgan fingerprint density at radius 1 is 1.25 bits per heavy atom. The van der Waals surface area contributed by atoms with Gasteiger partial charge in [0.15, 0.2) is 0 Å². The predicted octanol–water partition coefficient (Wildman–Crippen LogP) is 2.34. The number of nitrogen functional groups attached to an aromatic ring is 1. The molecule has 1 aromatic carbocycles. The van der Waals surface area contributed by atoms with Crippen LogP contribution in [0.25, 0.3) is 10.9 Å². The molecule has 2 rings (SSSR count). The normalized spacial score (nSPS) is 11.0. The van der Waals surface area contributed by atoms with E-state index in [4.69, 9.17) is 10.5 Å². The summed E-state index contributed by atoms with van der Waals surface area (Å²) in [4.78, 5) is 8.76. The number of fused-ring (bicyclic) bond motifs is 1. The fraction of sp³-hybridized carbons (Fsp3) is 0.333. The molecule has 2 aromatic rings. The molecule has 0 aliphatic rings. The van der Waals surface area contributed by atoms with Crippen LogP contribution in [0.15, 0.2) is 18.2 Å². The molecule has 0 bridgehead atoms. The summed E-state index contributed by atoms with van der Waals surface area (Å²) in [6.45, 7) is 4.08. The number of anilines is 1. The summed E-state index contributed by atoms with van der Waals surface area (Å²) in [6, 6.07) is 5.62. The molecule has 1 aromatic heterocycles. The molecule has 2 N–H and O–H groups in total. The van der Waals surface area contributed by atoms with Gasteiger partial charge in [-0.3, -0.25) is 0 Å². The molecule has 0 fully saturated rings. The third-order valence-electron chi connectivity index (χ3n) is 2.47. The van der Waals surface area contributed by atoms with Crippen molar-refractivity contribution >= 4 is 16.7 Å². The topological polar surface area (TPSA) is 61.0 Å². The van der Waals surface area contributed by atoms with Gasteiger partial charge in [-0.2, -0.15) is 0 Å². The van der Waals surface area contributed by atoms with E-state index in [0.717, 1.165) is 22.5 Å². The third-order valence-corrected chi connectivity index (χ3v) is 2.47. The van der Waals surface area contributed by atoms with Crippen LogP contribution in [0.4, 0.5) is 5.82 Å². The Kier molecular flexibility index (Phi) is 2.64. The molecule has 0 radical (unpaired) electrons. The highest BCUT2D eigenvalue weighted by atomic mass is 16.5. The molecule has 0 amide bonds. The highest BCUT2D eigenvalue weighted by molar-refractivity contribution is 5.88. The molecule has 84 valence electrons. The minimum Gasteiger partial charge on any atom is -0.497 e. The maximum atomic E-state index is 5.89. The van der Waals surface area contributed by atoms with Gasteiger partial charge < -0.3 is 10.5 Å². The Labute approximate surface area is 94.5 Å². The molecular formula is C12H15N3O. The average molecular weight is 217 g/mol. The Balaban J connectivity index is 2.68. The van der Waals surface area contributed by atoms with Crippen LogP contribution in [0.2, 0.25) is 0 Å². The number of aromatic nitrogens is 2. The number of ether oxygens (including phenoxy) is 1. The van der Waals surface area contributed by atoms with Crippen LogP contribution in [-0.4, -0.2) is 17.1 Å². The lowest BCUT2D eigenvalue weighted by molar-refractivity contribution is 0.415. The molecular weight excluding hydrogens is 202 g/mol. The van der Waals surface area contributed by atoms with Crippen LogP contribution in [0.3, 0.4) is 0 Å². The lowest BCUT2D eigenvalue weighted by atomic mass is 10.1. The molecule has 0 unspecified atom stereocenters. The van der Waals surface area contributed by atoms with Crippen LogP contribution < -0.4 is 10.5 Å². The molecule has 0 spiro atoms. The van der Waals surface area contributed by atoms with E-state index in [1.807, 2.05) is 32.0 Å². The van der Waals surface area contributed by atoms with Gasteiger partial charge in [0.1, 0.15) is 17.4 Å². The van der Waals surface area contributed by atoms with E-state index in [1.54, 1.807) is 7.11 Å². The second-order valence-corrected chi connectivity index (χ2v) is 4.00. The van der Waals surface area contributed by atoms with Gasteiger partial charge in [0.25, 0.3) is 0 Å². The van der Waals surface area contributed by atoms with Crippen molar-refractivity contribution in [3.63, 3.8) is 0 Å². The number of rotatable bonds is 2. The zero-order valence-electron chi connectivity index (χ0n) is 9.69. The molecule has 0 atom stereocenters. The number of nitrogens with two attached hydrogens (primary N) is 1. The van der Waals surface area contributed by atoms with E-state index in [-0.39, 0.29) is 5.92 Å². The first-order valence-electron chi connectivity index (χ1n) is 5.23. The van der Waals surface area contributed by atoms with Gasteiger partial charge >= 0.3 is 0 Å². The Bertz CT molecular complexity index is 523. The minimum atomic E-state index is 0.262. The predicted molar refractivity (Wildman–Crippen MR) is 64.6 cm³/mol. The highest BCUT2D eigenvalue weighted by Crippen LogP contribution is 2.24. The number of methoxy groups -OCH3 is 1. The summed E-state index contributed by atoms with van der Waals surface area (Å²) < 4.78 is 5.16. The SMILES string of the molecule is COc1ccc2c(N)nc(C(C)C)nc2c1. The zero-order chi connectivity index (χ0) is 11.7. The largest absolute Gasteiger partial charge is 0.497 e. The van der Waals surface area contributed by atoms with Crippen molar-refractivity contribution in [2.24, 2.45) is 0 Å². The van der Waals surface area contributed by atoms with Crippen molar-refractivity contribution in [2.45, 2.75) is 19.8 Å². The molecule has 4 heteroatoms. The van der Waals surface area contributed by atoms with E-state index in [2.05, 4.69) is 9.97 Å². The molecule has 0 aliphatic heterocycles. The first kappa shape index (κ1) is 10.7. The maximum Gasteiger partial charge on any atom is 0.135 e. The van der Waals surface area contributed by atoms with Crippen molar-refractivity contribution in [2.75, 3.05) is 12.8 Å². The number of hydrogen-bond donors (Lipinski definition) is 1. The van der Waals surface area contributed by atoms with Crippen molar-refractivity contribution in [3.05, 3.63) is 24.0 Å². The Morgan fingerprint density at radius 2 is 2.00 bits per heavy atom. The van der Waals surface area contributed by atoms with Crippen LogP contribution in [0, 0.1) is 0 Å². The molecule has 4 nitrogen and oxygen atoms in total. The van der Waals surface area contributed by atoms with Gasteiger partial charge in [-0.1, -0.05) is 13.8 Å². The number of hydrogen-bond acceptors (Lipinski definition) is 4. The minimum absolute atomic E-state index is 0.262. The van der Waals surface area contributed by atoms with Crippen LogP contribution in [0.5, 0.6) is 5.75 Å². The zero-order valence-corrected chi connectivity index (χ0v) is 9.69. The summed E-state index contributed by atoms with van der Waals surface area (Å²) in [5.74, 6) is 2.33. The molecule has 0 saturated heterocycles. The van der Waals surface area contributed by atoms with Crippen LogP contribution >= 0.6 is 0 Å². The second-order valence-electron chi connectivity index (χ2n) is 4.00. The van der Waals surface area contributed by atoms with E-state index in [0.29, 0.717) is 5.82 Å². The van der Waals surface area contributed by atoms with Crippen molar-refractivity contribution < 1.29 is 4.74 Å². The number of benzene rings is 1. The van der Waals surface area contributed by atoms with Gasteiger partial charge in [0, 0.05) is 17.4 Å². The fourth-order valence-corrected chi connectivity index (χ4v) is 1.54. The van der Waals surface area contributed by atoms with Gasteiger partial charge in [0.2, 0.25) is 0 Å². The smallest absolute Gasteiger partial charge is 0.135 e. The summed E-state index contributed by atoms with van der Waals surface area (Å²) in [5, 5.41) is 0.866. The summed E-state index contributed by atoms with van der Waals surface area (Å²) >= 11 is 0. The standard InChI is InChI=1S/C12H15N3O/c1-7(2)12-14-10-6-8(16-3)4-5-9(10)11(13)15-12/h4-7H,1-3H3,(H2,13,14,15). The first-order valence-corrected chi connectivity index (χ1v) is 5.23. The van der Waals surface area contributed by atoms with Gasteiger partial charge in [-0.15, -0.1) is 0 Å². The average Bonchev–Trinajstić information content (AvgIpc) is 2.28. The van der Waals surface area contributed by atoms with E-state index < -0.39 is 0 Å². The third kappa shape index (κ3) is 1.78. The molecule has 1 heterocycles. The van der Waals surface area contributed by atoms with E-state index in [9.17, 15) is 0 Å². The first-order chi connectivity index (χ1) is 7.61. The highest BCUT2D eigenvalue weighted by Gasteiger charge is 2.08. The second kappa shape index (κ2) is 3.96. The van der Waals surface area contributed by atoms with Gasteiger partial charge in [0.05, 0.1) is 12.6 Å². The monoisotopic (exact) mass is 217 g/mol. The van der Waals surface area contributed by atoms with E-state index in [1.165, 1.54) is 0 Å². The number of nitrogens with zero attached hydrogens (tertiary/aromatic N) is 2. The van der Waals surface area contributed by atoms with Crippen molar-refractivity contribution in [3.8, 4) is 5.75 Å². The summed E-state index contributed by atoms with van der Waals surface area (Å²) in [5.41, 5.74) is 6.72. The Hall–Kier alpha value is -1.84. The summed E-state index contributed by atoms with van der Waals surface area (Å²) in [7, 11) is 1.63. The lowest BCUT2D eigenvalue weighted by Gasteiger charge is -2.08. The van der Waals surface area contributed by atoms with Gasteiger partial charge in [-0.05, 0) is 12.1 Å². The van der Waals surface area contributed by atoms with E-state index >= 15 is 0 Å². The maximum absolute atomic E-state index is 5.89. The molecule has 0 aliphatic carbocycles. The van der Waals surface area contributed by atoms with Crippen molar-refractivity contribution in [1.29, 1.82) is 0 Å².